The van der Waals surface area contributed by atoms with Gasteiger partial charge >= 0.3 is 0 Å². The Hall–Kier alpha value is -2.35. The summed E-state index contributed by atoms with van der Waals surface area (Å²) < 4.78 is 6.33. The molecule has 0 bridgehead atoms. The van der Waals surface area contributed by atoms with E-state index in [1.165, 1.54) is 0 Å². The first kappa shape index (κ1) is 25.3. The number of carbonyl (C=O) groups excluding carboxylic acids is 1. The maximum Gasteiger partial charge on any atom is 0.239 e. The summed E-state index contributed by atoms with van der Waals surface area (Å²) in [5.41, 5.74) is 9.64. The van der Waals surface area contributed by atoms with Crippen LogP contribution in [-0.2, 0) is 4.79 Å². The normalized spacial score (nSPS) is 22.6. The van der Waals surface area contributed by atoms with E-state index in [4.69, 9.17) is 44.5 Å². The first-order valence-electron chi connectivity index (χ1n) is 11.9. The van der Waals surface area contributed by atoms with Gasteiger partial charge in [0.05, 0.1) is 16.8 Å². The van der Waals surface area contributed by atoms with Crippen LogP contribution in [0.4, 0.5) is 0 Å². The number of ether oxygens (including phenoxy) is 1. The molecule has 0 spiro atoms. The molecule has 1 amide bonds. The zero-order valence-electron chi connectivity index (χ0n) is 20.2. The molecule has 2 aromatic carbocycles. The van der Waals surface area contributed by atoms with Gasteiger partial charge in [-0.3, -0.25) is 10.2 Å². The molecule has 9 heteroatoms. The Labute approximate surface area is 225 Å². The number of benzene rings is 2. The Morgan fingerprint density at radius 2 is 1.75 bits per heavy atom. The van der Waals surface area contributed by atoms with Crippen LogP contribution in [0, 0.1) is 0 Å². The number of amides is 1. The molecule has 3 atom stereocenters. The highest BCUT2D eigenvalue weighted by atomic mass is 35.5. The average Bonchev–Trinajstić information content (AvgIpc) is 3.25. The number of hydrogen-bond donors (Lipinski definition) is 3. The standard InChI is InChI=1S/C27H27Cl3N4O2/c1-14-10-22(34-33-14)25(35)31-23-13-27(2,3)36-26-20(23)12-19(15-4-6-16(28)7-5-15)24(32-26)18-9-8-17(29)11-21(18)30/h4-9,11-12,14,22-23,33-34H,10,13H2,1-3H3,(H,31,35)/t14?,22?,23-/m1/s1. The van der Waals surface area contributed by atoms with Crippen molar-refractivity contribution in [1.29, 1.82) is 0 Å². The fourth-order valence-corrected chi connectivity index (χ4v) is 5.40. The van der Waals surface area contributed by atoms with Crippen molar-refractivity contribution in [3.63, 3.8) is 0 Å². The molecule has 0 saturated carbocycles. The van der Waals surface area contributed by atoms with Crippen molar-refractivity contribution in [3.05, 3.63) is 69.2 Å². The van der Waals surface area contributed by atoms with Crippen molar-refractivity contribution in [3.8, 4) is 28.3 Å². The molecule has 1 saturated heterocycles. The Bertz CT molecular complexity index is 1310. The third-order valence-electron chi connectivity index (χ3n) is 6.53. The molecule has 2 aliphatic rings. The van der Waals surface area contributed by atoms with Gasteiger partial charge in [-0.05, 0) is 69.2 Å². The fraction of sp³-hybridized carbons (Fsp3) is 0.333. The molecular formula is C27H27Cl3N4O2. The lowest BCUT2D eigenvalue weighted by atomic mass is 9.88. The minimum absolute atomic E-state index is 0.0571. The zero-order valence-corrected chi connectivity index (χ0v) is 22.4. The van der Waals surface area contributed by atoms with E-state index in [0.717, 1.165) is 22.3 Å². The van der Waals surface area contributed by atoms with Crippen molar-refractivity contribution in [2.24, 2.45) is 0 Å². The molecule has 1 fully saturated rings. The van der Waals surface area contributed by atoms with Gasteiger partial charge in [0.25, 0.3) is 0 Å². The number of nitrogens with zero attached hydrogens (tertiary/aromatic N) is 1. The Kier molecular flexibility index (Phi) is 6.92. The van der Waals surface area contributed by atoms with Crippen molar-refractivity contribution in [2.45, 2.75) is 57.3 Å². The summed E-state index contributed by atoms with van der Waals surface area (Å²) in [4.78, 5) is 18.1. The third kappa shape index (κ3) is 5.20. The third-order valence-corrected chi connectivity index (χ3v) is 7.33. The van der Waals surface area contributed by atoms with E-state index in [9.17, 15) is 4.79 Å². The smallest absolute Gasteiger partial charge is 0.239 e. The number of carbonyl (C=O) groups is 1. The highest BCUT2D eigenvalue weighted by Crippen LogP contribution is 2.45. The average molecular weight is 546 g/mol. The highest BCUT2D eigenvalue weighted by molar-refractivity contribution is 6.36. The molecule has 6 nitrogen and oxygen atoms in total. The molecule has 2 unspecified atom stereocenters. The number of fused-ring (bicyclic) bond motifs is 1. The van der Waals surface area contributed by atoms with E-state index in [2.05, 4.69) is 16.2 Å². The number of aromatic nitrogens is 1. The molecule has 36 heavy (non-hydrogen) atoms. The van der Waals surface area contributed by atoms with Crippen LogP contribution in [0.25, 0.3) is 22.4 Å². The van der Waals surface area contributed by atoms with Gasteiger partial charge in [0.15, 0.2) is 0 Å². The molecule has 3 heterocycles. The van der Waals surface area contributed by atoms with Crippen LogP contribution < -0.4 is 20.9 Å². The number of rotatable bonds is 4. The molecule has 1 aromatic heterocycles. The SMILES string of the molecule is CC1CC(C(=O)N[C@@H]2CC(C)(C)Oc3nc(-c4ccc(Cl)cc4Cl)c(-c4ccc(Cl)cc4)cc32)NN1. The Morgan fingerprint density at radius 3 is 2.42 bits per heavy atom. The van der Waals surface area contributed by atoms with Crippen LogP contribution >= 0.6 is 34.8 Å². The minimum Gasteiger partial charge on any atom is -0.471 e. The maximum absolute atomic E-state index is 13.1. The van der Waals surface area contributed by atoms with E-state index in [1.807, 2.05) is 57.2 Å². The highest BCUT2D eigenvalue weighted by Gasteiger charge is 2.38. The van der Waals surface area contributed by atoms with Crippen LogP contribution in [-0.4, -0.2) is 28.6 Å². The van der Waals surface area contributed by atoms with Gasteiger partial charge in [-0.1, -0.05) is 46.9 Å². The van der Waals surface area contributed by atoms with E-state index in [0.29, 0.717) is 39.5 Å². The molecule has 5 rings (SSSR count). The summed E-state index contributed by atoms with van der Waals surface area (Å²) in [5.74, 6) is 0.416. The predicted octanol–water partition coefficient (Wildman–Crippen LogP) is 6.35. The zero-order chi connectivity index (χ0) is 25.6. The minimum atomic E-state index is -0.532. The molecule has 3 N–H and O–H groups in total. The van der Waals surface area contributed by atoms with E-state index in [1.54, 1.807) is 12.1 Å². The van der Waals surface area contributed by atoms with Crippen LogP contribution in [0.1, 0.15) is 45.2 Å². The summed E-state index contributed by atoms with van der Waals surface area (Å²) >= 11 is 18.9. The second kappa shape index (κ2) is 9.84. The maximum atomic E-state index is 13.1. The lowest BCUT2D eigenvalue weighted by molar-refractivity contribution is -0.124. The Morgan fingerprint density at radius 1 is 1.03 bits per heavy atom. The molecule has 3 aromatic rings. The lowest BCUT2D eigenvalue weighted by Gasteiger charge is -2.38. The summed E-state index contributed by atoms with van der Waals surface area (Å²) in [6, 6.07) is 14.6. The van der Waals surface area contributed by atoms with Gasteiger partial charge in [-0.2, -0.15) is 0 Å². The van der Waals surface area contributed by atoms with Gasteiger partial charge < -0.3 is 10.1 Å². The lowest BCUT2D eigenvalue weighted by Crippen LogP contribution is -2.47. The van der Waals surface area contributed by atoms with Crippen LogP contribution in [0.5, 0.6) is 5.88 Å². The van der Waals surface area contributed by atoms with Crippen molar-refractivity contribution in [2.75, 3.05) is 0 Å². The van der Waals surface area contributed by atoms with Crippen LogP contribution in [0.2, 0.25) is 15.1 Å². The van der Waals surface area contributed by atoms with Gasteiger partial charge in [0, 0.05) is 39.2 Å². The number of halogens is 3. The van der Waals surface area contributed by atoms with E-state index < -0.39 is 5.60 Å². The first-order valence-corrected chi connectivity index (χ1v) is 13.0. The summed E-state index contributed by atoms with van der Waals surface area (Å²) in [6.45, 7) is 6.03. The van der Waals surface area contributed by atoms with E-state index >= 15 is 0 Å². The fourth-order valence-electron chi connectivity index (χ4n) is 4.77. The quantitative estimate of drug-likeness (QED) is 0.356. The van der Waals surface area contributed by atoms with E-state index in [-0.39, 0.29) is 24.0 Å². The predicted molar refractivity (Wildman–Crippen MR) is 144 cm³/mol. The van der Waals surface area contributed by atoms with Crippen molar-refractivity contribution < 1.29 is 9.53 Å². The van der Waals surface area contributed by atoms with Gasteiger partial charge in [-0.25, -0.2) is 10.4 Å². The summed E-state index contributed by atoms with van der Waals surface area (Å²) in [5, 5.41) is 4.90. The monoisotopic (exact) mass is 544 g/mol. The topological polar surface area (TPSA) is 75.3 Å². The molecule has 0 aliphatic carbocycles. The number of hydrogen-bond acceptors (Lipinski definition) is 5. The van der Waals surface area contributed by atoms with Crippen molar-refractivity contribution >= 4 is 40.7 Å². The summed E-state index contributed by atoms with van der Waals surface area (Å²) in [7, 11) is 0. The van der Waals surface area contributed by atoms with Crippen molar-refractivity contribution in [1.82, 2.24) is 21.2 Å². The van der Waals surface area contributed by atoms with Crippen LogP contribution in [0.15, 0.2) is 48.5 Å². The molecule has 2 aliphatic heterocycles. The first-order chi connectivity index (χ1) is 17.1. The Balaban J connectivity index is 1.63. The van der Waals surface area contributed by atoms with Gasteiger partial charge in [0.1, 0.15) is 11.6 Å². The second-order valence-electron chi connectivity index (χ2n) is 10.0. The summed E-state index contributed by atoms with van der Waals surface area (Å²) in [6.07, 6.45) is 1.32. The van der Waals surface area contributed by atoms with Gasteiger partial charge in [-0.15, -0.1) is 0 Å². The number of pyridine rings is 1. The number of hydrazine groups is 1. The molecule has 188 valence electrons. The van der Waals surface area contributed by atoms with Gasteiger partial charge in [0.2, 0.25) is 11.8 Å². The largest absolute Gasteiger partial charge is 0.471 e. The second-order valence-corrected chi connectivity index (χ2v) is 11.3. The number of nitrogens with one attached hydrogen (secondary N) is 3. The molecular weight excluding hydrogens is 519 g/mol. The molecule has 0 radical (unpaired) electrons. The van der Waals surface area contributed by atoms with Crippen LogP contribution in [0.3, 0.4) is 0 Å².